The van der Waals surface area contributed by atoms with Crippen molar-refractivity contribution in [3.8, 4) is 5.82 Å². The van der Waals surface area contributed by atoms with Crippen LogP contribution >= 0.6 is 0 Å². The number of carboxylic acids is 1. The van der Waals surface area contributed by atoms with Crippen LogP contribution in [0.25, 0.3) is 5.82 Å². The molecule has 2 aromatic heterocycles. The zero-order valence-corrected chi connectivity index (χ0v) is 11.0. The molecule has 6 heteroatoms. The van der Waals surface area contributed by atoms with Crippen molar-refractivity contribution in [2.24, 2.45) is 0 Å². The summed E-state index contributed by atoms with van der Waals surface area (Å²) < 4.78 is 3.15. The number of carbonyl (C=O) groups is 2. The van der Waals surface area contributed by atoms with Crippen LogP contribution in [-0.4, -0.2) is 31.2 Å². The zero-order valence-electron chi connectivity index (χ0n) is 11.0. The summed E-state index contributed by atoms with van der Waals surface area (Å²) >= 11 is 0. The second-order valence-corrected chi connectivity index (χ2v) is 4.59. The molecule has 6 nitrogen and oxygen atoms in total. The number of carboxylic acid groups (broad SMARTS) is 1. The highest BCUT2D eigenvalue weighted by Gasteiger charge is 2.17. The van der Waals surface area contributed by atoms with Crippen molar-refractivity contribution in [1.29, 1.82) is 0 Å². The summed E-state index contributed by atoms with van der Waals surface area (Å²) in [6.45, 7) is 5.36. The highest BCUT2D eigenvalue weighted by molar-refractivity contribution is 5.97. The van der Waals surface area contributed by atoms with E-state index >= 15 is 0 Å². The summed E-state index contributed by atoms with van der Waals surface area (Å²) in [5.74, 6) is -0.783. The molecule has 0 aliphatic rings. The van der Waals surface area contributed by atoms with E-state index in [-0.39, 0.29) is 17.5 Å². The van der Waals surface area contributed by atoms with Crippen LogP contribution in [0.1, 0.15) is 47.7 Å². The van der Waals surface area contributed by atoms with Crippen LogP contribution < -0.4 is 0 Å². The fourth-order valence-corrected chi connectivity index (χ4v) is 1.75. The second-order valence-electron chi connectivity index (χ2n) is 4.59. The molecule has 19 heavy (non-hydrogen) atoms. The van der Waals surface area contributed by atoms with Crippen molar-refractivity contribution < 1.29 is 14.7 Å². The molecule has 100 valence electrons. The summed E-state index contributed by atoms with van der Waals surface area (Å²) in [6.07, 6.45) is 3.28. The van der Waals surface area contributed by atoms with Gasteiger partial charge in [0.2, 0.25) is 0 Å². The molecule has 0 spiro atoms. The third-order valence-corrected chi connectivity index (χ3v) is 2.82. The van der Waals surface area contributed by atoms with Gasteiger partial charge < -0.3 is 5.11 Å². The van der Waals surface area contributed by atoms with Gasteiger partial charge in [0, 0.05) is 30.1 Å². The first-order chi connectivity index (χ1) is 8.90. The highest BCUT2D eigenvalue weighted by Crippen LogP contribution is 2.16. The smallest absolute Gasteiger partial charge is 0.352 e. The molecule has 2 aromatic rings. The van der Waals surface area contributed by atoms with Gasteiger partial charge >= 0.3 is 5.97 Å². The number of hydrogen-bond acceptors (Lipinski definition) is 3. The molecule has 0 aliphatic heterocycles. The van der Waals surface area contributed by atoms with Crippen LogP contribution in [0.15, 0.2) is 24.5 Å². The predicted octanol–water partition coefficient (Wildman–Crippen LogP) is 2.16. The quantitative estimate of drug-likeness (QED) is 0.855. The maximum Gasteiger partial charge on any atom is 0.352 e. The number of hydrogen-bond donors (Lipinski definition) is 1. The van der Waals surface area contributed by atoms with E-state index in [1.165, 1.54) is 23.8 Å². The molecule has 0 unspecified atom stereocenters. The molecule has 0 saturated carbocycles. The zero-order chi connectivity index (χ0) is 14.2. The largest absolute Gasteiger partial charge is 0.477 e. The number of ketones is 1. The van der Waals surface area contributed by atoms with Gasteiger partial charge in [-0.15, -0.1) is 0 Å². The average Bonchev–Trinajstić information content (AvgIpc) is 2.95. The van der Waals surface area contributed by atoms with Gasteiger partial charge in [-0.1, -0.05) is 0 Å². The number of aromatic nitrogens is 3. The number of carbonyl (C=O) groups excluding carboxylic acids is 1. The molecule has 2 rings (SSSR count). The Morgan fingerprint density at radius 2 is 2.05 bits per heavy atom. The van der Waals surface area contributed by atoms with Gasteiger partial charge in [0.1, 0.15) is 5.69 Å². The van der Waals surface area contributed by atoms with E-state index in [4.69, 9.17) is 0 Å². The molecule has 0 bridgehead atoms. The number of aromatic carboxylic acids is 1. The monoisotopic (exact) mass is 261 g/mol. The first kappa shape index (κ1) is 13.1. The molecule has 0 saturated heterocycles. The lowest BCUT2D eigenvalue weighted by molar-refractivity contribution is 0.0688. The van der Waals surface area contributed by atoms with Gasteiger partial charge in [-0.25, -0.2) is 4.79 Å². The number of nitrogens with zero attached hydrogens (tertiary/aromatic N) is 3. The molecule has 0 aromatic carbocycles. The summed E-state index contributed by atoms with van der Waals surface area (Å²) in [6, 6.07) is 3.26. The fourth-order valence-electron chi connectivity index (χ4n) is 1.75. The van der Waals surface area contributed by atoms with E-state index in [2.05, 4.69) is 5.10 Å². The molecule has 0 atom stereocenters. The summed E-state index contributed by atoms with van der Waals surface area (Å²) in [5, 5.41) is 13.5. The Balaban J connectivity index is 2.53. The molecule has 0 aliphatic carbocycles. The summed E-state index contributed by atoms with van der Waals surface area (Å²) in [7, 11) is 0. The summed E-state index contributed by atoms with van der Waals surface area (Å²) in [5.41, 5.74) is 0.385. The summed E-state index contributed by atoms with van der Waals surface area (Å²) in [4.78, 5) is 22.6. The van der Waals surface area contributed by atoms with E-state index in [1.54, 1.807) is 16.9 Å². The van der Waals surface area contributed by atoms with E-state index < -0.39 is 5.97 Å². The number of Topliss-reactive ketones (excluding diaryl/α,β-unsaturated/α-hetero) is 1. The second kappa shape index (κ2) is 4.72. The molecule has 0 amide bonds. The van der Waals surface area contributed by atoms with Crippen molar-refractivity contribution in [1.82, 2.24) is 14.3 Å². The minimum atomic E-state index is -1.09. The van der Waals surface area contributed by atoms with E-state index in [9.17, 15) is 14.7 Å². The average molecular weight is 261 g/mol. The standard InChI is InChI=1S/C13H15N3O3/c1-8(2)16-5-4-12(14-16)15-7-10(9(3)17)6-11(15)13(18)19/h4-8H,1-3H3,(H,18,19). The topological polar surface area (TPSA) is 77.1 Å². The van der Waals surface area contributed by atoms with Gasteiger partial charge in [0.25, 0.3) is 0 Å². The first-order valence-corrected chi connectivity index (χ1v) is 5.92. The third-order valence-electron chi connectivity index (χ3n) is 2.82. The first-order valence-electron chi connectivity index (χ1n) is 5.92. The van der Waals surface area contributed by atoms with Crippen LogP contribution in [0.3, 0.4) is 0 Å². The Labute approximate surface area is 110 Å². The van der Waals surface area contributed by atoms with Crippen LogP contribution in [0.4, 0.5) is 0 Å². The van der Waals surface area contributed by atoms with Crippen LogP contribution in [0.5, 0.6) is 0 Å². The fraction of sp³-hybridized carbons (Fsp3) is 0.308. The Kier molecular flexibility index (Phi) is 3.25. The molecule has 0 fully saturated rings. The molecule has 0 radical (unpaired) electrons. The SMILES string of the molecule is CC(=O)c1cc(C(=O)O)n(-c2ccn(C(C)C)n2)c1. The van der Waals surface area contributed by atoms with Crippen molar-refractivity contribution >= 4 is 11.8 Å². The Hall–Kier alpha value is -2.37. The predicted molar refractivity (Wildman–Crippen MR) is 68.9 cm³/mol. The van der Waals surface area contributed by atoms with Crippen molar-refractivity contribution in [3.63, 3.8) is 0 Å². The molecular formula is C13H15N3O3. The van der Waals surface area contributed by atoms with Gasteiger partial charge in [-0.3, -0.25) is 14.0 Å². The van der Waals surface area contributed by atoms with Gasteiger partial charge in [0.05, 0.1) is 0 Å². The minimum Gasteiger partial charge on any atom is -0.477 e. The van der Waals surface area contributed by atoms with Crippen molar-refractivity contribution in [3.05, 3.63) is 35.8 Å². The van der Waals surface area contributed by atoms with Crippen molar-refractivity contribution in [2.45, 2.75) is 26.8 Å². The lowest BCUT2D eigenvalue weighted by atomic mass is 10.2. The van der Waals surface area contributed by atoms with Crippen LogP contribution in [0.2, 0.25) is 0 Å². The van der Waals surface area contributed by atoms with E-state index in [1.807, 2.05) is 13.8 Å². The lowest BCUT2D eigenvalue weighted by Crippen LogP contribution is -2.08. The maximum atomic E-state index is 11.3. The van der Waals surface area contributed by atoms with Crippen LogP contribution in [0, 0.1) is 0 Å². The van der Waals surface area contributed by atoms with E-state index in [0.717, 1.165) is 0 Å². The lowest BCUT2D eigenvalue weighted by Gasteiger charge is -2.05. The van der Waals surface area contributed by atoms with Crippen molar-refractivity contribution in [2.75, 3.05) is 0 Å². The molecular weight excluding hydrogens is 246 g/mol. The van der Waals surface area contributed by atoms with Gasteiger partial charge in [-0.2, -0.15) is 5.10 Å². The van der Waals surface area contributed by atoms with Gasteiger partial charge in [-0.05, 0) is 26.8 Å². The van der Waals surface area contributed by atoms with E-state index in [0.29, 0.717) is 11.4 Å². The van der Waals surface area contributed by atoms with Crippen LogP contribution in [-0.2, 0) is 0 Å². The van der Waals surface area contributed by atoms with Gasteiger partial charge in [0.15, 0.2) is 11.6 Å². The number of rotatable bonds is 4. The maximum absolute atomic E-state index is 11.3. The Morgan fingerprint density at radius 3 is 2.53 bits per heavy atom. The Bertz CT molecular complexity index is 637. The highest BCUT2D eigenvalue weighted by atomic mass is 16.4. The third kappa shape index (κ3) is 2.42. The molecule has 1 N–H and O–H groups in total. The minimum absolute atomic E-state index is 0.0270. The molecule has 2 heterocycles. The Morgan fingerprint density at radius 1 is 1.37 bits per heavy atom. The normalized spacial score (nSPS) is 10.9.